The molecule has 2 atom stereocenters. The number of hydrogen-bond donors (Lipinski definition) is 1. The molecule has 0 spiro atoms. The van der Waals surface area contributed by atoms with Crippen LogP contribution in [-0.2, 0) is 4.74 Å². The summed E-state index contributed by atoms with van der Waals surface area (Å²) in [5.74, 6) is 1.20. The number of ether oxygens (including phenoxy) is 1. The lowest BCUT2D eigenvalue weighted by atomic mass is 9.78. The maximum atomic E-state index is 12.5. The molecule has 21 heavy (non-hydrogen) atoms. The van der Waals surface area contributed by atoms with Crippen LogP contribution in [0.5, 0.6) is 0 Å². The summed E-state index contributed by atoms with van der Waals surface area (Å²) in [6.07, 6.45) is 8.44. The fourth-order valence-corrected chi connectivity index (χ4v) is 4.06. The van der Waals surface area contributed by atoms with Crippen molar-refractivity contribution in [3.8, 4) is 0 Å². The average molecular weight is 296 g/mol. The molecule has 2 fully saturated rings. The average Bonchev–Trinajstić information content (AvgIpc) is 2.82. The van der Waals surface area contributed by atoms with Crippen LogP contribution in [0, 0.1) is 11.8 Å². The number of carbonyl (C=O) groups excluding carboxylic acids is 1. The lowest BCUT2D eigenvalue weighted by Gasteiger charge is -2.37. The molecule has 1 heterocycles. The van der Waals surface area contributed by atoms with Gasteiger partial charge >= 0.3 is 6.09 Å². The topological polar surface area (TPSA) is 55.6 Å². The Balaban J connectivity index is 2.08. The van der Waals surface area contributed by atoms with E-state index in [2.05, 4.69) is 0 Å². The van der Waals surface area contributed by atoms with Crippen molar-refractivity contribution in [2.45, 2.75) is 77.4 Å². The first-order valence-corrected chi connectivity index (χ1v) is 8.62. The first kappa shape index (κ1) is 16.6. The minimum absolute atomic E-state index is 0.127. The van der Waals surface area contributed by atoms with Crippen molar-refractivity contribution in [2.24, 2.45) is 17.6 Å². The van der Waals surface area contributed by atoms with E-state index in [1.807, 2.05) is 25.7 Å². The van der Waals surface area contributed by atoms with E-state index in [0.717, 1.165) is 25.9 Å². The van der Waals surface area contributed by atoms with Gasteiger partial charge in [-0.1, -0.05) is 19.3 Å². The summed E-state index contributed by atoms with van der Waals surface area (Å²) in [5, 5.41) is 0. The van der Waals surface area contributed by atoms with Gasteiger partial charge < -0.3 is 15.4 Å². The van der Waals surface area contributed by atoms with Crippen LogP contribution in [-0.4, -0.2) is 35.7 Å². The van der Waals surface area contributed by atoms with Gasteiger partial charge in [-0.15, -0.1) is 0 Å². The molecule has 0 aromatic rings. The summed E-state index contributed by atoms with van der Waals surface area (Å²) in [5.41, 5.74) is 5.37. The zero-order valence-electron chi connectivity index (χ0n) is 13.9. The Morgan fingerprint density at radius 2 is 1.86 bits per heavy atom. The number of nitrogens with zero attached hydrogens (tertiary/aromatic N) is 1. The van der Waals surface area contributed by atoms with Gasteiger partial charge in [-0.05, 0) is 64.8 Å². The quantitative estimate of drug-likeness (QED) is 0.866. The third-order valence-electron chi connectivity index (χ3n) is 4.88. The number of rotatable bonds is 3. The number of carbonyl (C=O) groups is 1. The van der Waals surface area contributed by atoms with E-state index in [-0.39, 0.29) is 6.09 Å². The second kappa shape index (κ2) is 6.99. The number of likely N-dealkylation sites (tertiary alicyclic amines) is 1. The lowest BCUT2D eigenvalue weighted by Crippen LogP contribution is -2.45. The number of amides is 1. The van der Waals surface area contributed by atoms with Gasteiger partial charge in [0.05, 0.1) is 0 Å². The Hall–Kier alpha value is -0.770. The van der Waals surface area contributed by atoms with E-state index in [9.17, 15) is 4.79 Å². The Morgan fingerprint density at radius 1 is 1.19 bits per heavy atom. The molecule has 1 aliphatic heterocycles. The highest BCUT2D eigenvalue weighted by molar-refractivity contribution is 5.69. The van der Waals surface area contributed by atoms with Crippen LogP contribution in [0.2, 0.25) is 0 Å². The van der Waals surface area contributed by atoms with Crippen LogP contribution in [0.25, 0.3) is 0 Å². The van der Waals surface area contributed by atoms with Crippen LogP contribution in [0.15, 0.2) is 0 Å². The number of hydrogen-bond acceptors (Lipinski definition) is 3. The molecule has 2 unspecified atom stereocenters. The summed E-state index contributed by atoms with van der Waals surface area (Å²) in [6.45, 7) is 7.37. The molecule has 4 nitrogen and oxygen atoms in total. The summed E-state index contributed by atoms with van der Waals surface area (Å²) in [6, 6.07) is 0.351. The lowest BCUT2D eigenvalue weighted by molar-refractivity contribution is 0.0119. The van der Waals surface area contributed by atoms with Crippen molar-refractivity contribution in [3.05, 3.63) is 0 Å². The van der Waals surface area contributed by atoms with Crippen LogP contribution in [0.4, 0.5) is 4.79 Å². The molecule has 2 aliphatic rings. The Morgan fingerprint density at radius 3 is 2.43 bits per heavy atom. The summed E-state index contributed by atoms with van der Waals surface area (Å²) < 4.78 is 5.62. The Bertz CT molecular complexity index is 345. The van der Waals surface area contributed by atoms with Crippen molar-refractivity contribution < 1.29 is 9.53 Å². The first-order valence-electron chi connectivity index (χ1n) is 8.62. The van der Waals surface area contributed by atoms with E-state index in [4.69, 9.17) is 10.5 Å². The van der Waals surface area contributed by atoms with Crippen molar-refractivity contribution in [1.29, 1.82) is 0 Å². The molecule has 0 aromatic carbocycles. The van der Waals surface area contributed by atoms with Gasteiger partial charge in [0.25, 0.3) is 0 Å². The molecule has 1 aliphatic carbocycles. The molecule has 2 rings (SSSR count). The van der Waals surface area contributed by atoms with Crippen molar-refractivity contribution in [2.75, 3.05) is 13.1 Å². The van der Waals surface area contributed by atoms with Gasteiger partial charge in [0.15, 0.2) is 0 Å². The van der Waals surface area contributed by atoms with E-state index in [1.54, 1.807) is 0 Å². The highest BCUT2D eigenvalue weighted by Crippen LogP contribution is 2.39. The van der Waals surface area contributed by atoms with E-state index >= 15 is 0 Å². The minimum atomic E-state index is -0.417. The second-order valence-electron chi connectivity index (χ2n) is 7.69. The summed E-state index contributed by atoms with van der Waals surface area (Å²) in [7, 11) is 0. The molecular weight excluding hydrogens is 264 g/mol. The molecule has 4 heteroatoms. The molecule has 2 N–H and O–H groups in total. The van der Waals surface area contributed by atoms with Crippen LogP contribution < -0.4 is 5.73 Å². The predicted octanol–water partition coefficient (Wildman–Crippen LogP) is 3.54. The predicted molar refractivity (Wildman–Crippen MR) is 85.1 cm³/mol. The van der Waals surface area contributed by atoms with Crippen molar-refractivity contribution >= 4 is 6.09 Å². The second-order valence-corrected chi connectivity index (χ2v) is 7.69. The molecule has 0 bridgehead atoms. The molecule has 1 saturated heterocycles. The normalized spacial score (nSPS) is 27.9. The largest absolute Gasteiger partial charge is 0.444 e. The summed E-state index contributed by atoms with van der Waals surface area (Å²) in [4.78, 5) is 14.6. The summed E-state index contributed by atoms with van der Waals surface area (Å²) >= 11 is 0. The third-order valence-corrected chi connectivity index (χ3v) is 4.88. The molecule has 1 saturated carbocycles. The number of nitrogens with two attached hydrogens (primary N) is 1. The Kier molecular flexibility index (Phi) is 5.53. The maximum absolute atomic E-state index is 12.5. The van der Waals surface area contributed by atoms with Crippen molar-refractivity contribution in [1.82, 2.24) is 4.90 Å². The minimum Gasteiger partial charge on any atom is -0.444 e. The van der Waals surface area contributed by atoms with Gasteiger partial charge in [0, 0.05) is 12.6 Å². The zero-order chi connectivity index (χ0) is 15.5. The fraction of sp³-hybridized carbons (Fsp3) is 0.941. The first-order chi connectivity index (χ1) is 9.92. The molecule has 122 valence electrons. The van der Waals surface area contributed by atoms with E-state index < -0.39 is 5.60 Å². The van der Waals surface area contributed by atoms with E-state index in [0.29, 0.717) is 17.9 Å². The Labute approximate surface area is 129 Å². The highest BCUT2D eigenvalue weighted by Gasteiger charge is 2.42. The van der Waals surface area contributed by atoms with Crippen LogP contribution >= 0.6 is 0 Å². The van der Waals surface area contributed by atoms with E-state index in [1.165, 1.54) is 32.1 Å². The molecule has 0 radical (unpaired) electrons. The maximum Gasteiger partial charge on any atom is 0.410 e. The fourth-order valence-electron chi connectivity index (χ4n) is 4.06. The smallest absolute Gasteiger partial charge is 0.410 e. The molecular formula is C17H32N2O2. The standard InChI is InChI=1S/C17H32N2O2/c1-17(2,3)21-16(20)19-12-10-14(9-11-18)15(19)13-7-5-4-6-8-13/h13-15H,4-12,18H2,1-3H3. The van der Waals surface area contributed by atoms with Gasteiger partial charge in [0.1, 0.15) is 5.60 Å². The van der Waals surface area contributed by atoms with Gasteiger partial charge in [0.2, 0.25) is 0 Å². The van der Waals surface area contributed by atoms with Crippen molar-refractivity contribution in [3.63, 3.8) is 0 Å². The monoisotopic (exact) mass is 296 g/mol. The van der Waals surface area contributed by atoms with Crippen LogP contribution in [0.3, 0.4) is 0 Å². The van der Waals surface area contributed by atoms with Gasteiger partial charge in [-0.25, -0.2) is 4.79 Å². The molecule has 1 amide bonds. The van der Waals surface area contributed by atoms with Gasteiger partial charge in [-0.2, -0.15) is 0 Å². The highest BCUT2D eigenvalue weighted by atomic mass is 16.6. The van der Waals surface area contributed by atoms with Crippen LogP contribution in [0.1, 0.15) is 65.7 Å². The zero-order valence-corrected chi connectivity index (χ0v) is 13.9. The molecule has 0 aromatic heterocycles. The third kappa shape index (κ3) is 4.35. The SMILES string of the molecule is CC(C)(C)OC(=O)N1CCC(CCN)C1C1CCCCC1. The van der Waals surface area contributed by atoms with Gasteiger partial charge in [-0.3, -0.25) is 0 Å².